The number of nitrogens with zero attached hydrogens (tertiary/aromatic N) is 1. The highest BCUT2D eigenvalue weighted by Gasteiger charge is 2.36. The Labute approximate surface area is 103 Å². The van der Waals surface area contributed by atoms with Crippen molar-refractivity contribution in [1.29, 1.82) is 0 Å². The van der Waals surface area contributed by atoms with Crippen LogP contribution in [0.2, 0.25) is 0 Å². The molecule has 2 aliphatic rings. The van der Waals surface area contributed by atoms with Gasteiger partial charge in [0.05, 0.1) is 23.2 Å². The van der Waals surface area contributed by atoms with Crippen LogP contribution < -0.4 is 5.32 Å². The SMILES string of the molecule is O=C1c2ccccc2NC(=S)C2CSCN12. The molecule has 5 heteroatoms. The third-order valence-corrected chi connectivity index (χ3v) is 4.25. The average Bonchev–Trinajstić information content (AvgIpc) is 2.74. The van der Waals surface area contributed by atoms with Gasteiger partial charge in [-0.15, -0.1) is 11.8 Å². The fraction of sp³-hybridized carbons (Fsp3) is 0.273. The first-order valence-corrected chi connectivity index (χ1v) is 6.62. The second kappa shape index (κ2) is 3.75. The van der Waals surface area contributed by atoms with Crippen LogP contribution >= 0.6 is 24.0 Å². The first-order valence-electron chi connectivity index (χ1n) is 5.06. The molecule has 1 fully saturated rings. The highest BCUT2D eigenvalue weighted by atomic mass is 32.2. The summed E-state index contributed by atoms with van der Waals surface area (Å²) in [6.45, 7) is 0. The molecular weight excluding hydrogens is 240 g/mol. The first-order chi connectivity index (χ1) is 7.77. The third kappa shape index (κ3) is 1.43. The quantitative estimate of drug-likeness (QED) is 0.713. The molecule has 3 rings (SSSR count). The third-order valence-electron chi connectivity index (χ3n) is 2.86. The van der Waals surface area contributed by atoms with Gasteiger partial charge >= 0.3 is 0 Å². The Morgan fingerprint density at radius 3 is 3.12 bits per heavy atom. The minimum Gasteiger partial charge on any atom is -0.348 e. The lowest BCUT2D eigenvalue weighted by Gasteiger charge is -2.20. The molecule has 1 aromatic rings. The van der Waals surface area contributed by atoms with E-state index >= 15 is 0 Å². The lowest BCUT2D eigenvalue weighted by Crippen LogP contribution is -2.41. The van der Waals surface area contributed by atoms with Crippen LogP contribution in [0, 0.1) is 0 Å². The Hall–Kier alpha value is -1.07. The summed E-state index contributed by atoms with van der Waals surface area (Å²) in [6, 6.07) is 7.59. The Balaban J connectivity index is 2.11. The van der Waals surface area contributed by atoms with Gasteiger partial charge in [0.15, 0.2) is 0 Å². The van der Waals surface area contributed by atoms with Crippen molar-refractivity contribution in [3.8, 4) is 0 Å². The second-order valence-electron chi connectivity index (χ2n) is 3.83. The number of hydrogen-bond acceptors (Lipinski definition) is 3. The van der Waals surface area contributed by atoms with E-state index in [1.54, 1.807) is 11.8 Å². The summed E-state index contributed by atoms with van der Waals surface area (Å²) in [6.07, 6.45) is 0. The Bertz CT molecular complexity index is 475. The number of thiocarbonyl (C=S) groups is 1. The summed E-state index contributed by atoms with van der Waals surface area (Å²) in [7, 11) is 0. The maximum Gasteiger partial charge on any atom is 0.257 e. The molecule has 82 valence electrons. The molecule has 1 aromatic carbocycles. The number of carbonyl (C=O) groups is 1. The molecule has 0 saturated carbocycles. The summed E-state index contributed by atoms with van der Waals surface area (Å²) >= 11 is 7.09. The monoisotopic (exact) mass is 250 g/mol. The van der Waals surface area contributed by atoms with Gasteiger partial charge in [-0.25, -0.2) is 0 Å². The summed E-state index contributed by atoms with van der Waals surface area (Å²) < 4.78 is 0. The minimum absolute atomic E-state index is 0.0555. The maximum atomic E-state index is 12.3. The van der Waals surface area contributed by atoms with Crippen LogP contribution in [0.25, 0.3) is 0 Å². The topological polar surface area (TPSA) is 32.3 Å². The number of anilines is 1. The zero-order chi connectivity index (χ0) is 11.1. The highest BCUT2D eigenvalue weighted by molar-refractivity contribution is 7.99. The summed E-state index contributed by atoms with van der Waals surface area (Å²) in [4.78, 5) is 14.9. The number of benzene rings is 1. The zero-order valence-corrected chi connectivity index (χ0v) is 10.1. The Kier molecular flexibility index (Phi) is 2.37. The molecule has 1 saturated heterocycles. The lowest BCUT2D eigenvalue weighted by atomic mass is 10.1. The minimum atomic E-state index is 0.0555. The molecule has 2 heterocycles. The van der Waals surface area contributed by atoms with Crippen molar-refractivity contribution in [3.63, 3.8) is 0 Å². The molecule has 16 heavy (non-hydrogen) atoms. The fourth-order valence-electron chi connectivity index (χ4n) is 2.01. The van der Waals surface area contributed by atoms with Gasteiger partial charge in [0, 0.05) is 5.75 Å². The predicted molar refractivity (Wildman–Crippen MR) is 69.9 cm³/mol. The molecule has 0 spiro atoms. The predicted octanol–water partition coefficient (Wildman–Crippen LogP) is 1.95. The number of fused-ring (bicyclic) bond motifs is 2. The molecule has 0 bridgehead atoms. The number of carbonyl (C=O) groups excluding carboxylic acids is 1. The molecule has 2 aliphatic heterocycles. The van der Waals surface area contributed by atoms with Crippen LogP contribution in [0.15, 0.2) is 24.3 Å². The normalized spacial score (nSPS) is 23.5. The van der Waals surface area contributed by atoms with Crippen molar-refractivity contribution < 1.29 is 4.79 Å². The number of hydrogen-bond donors (Lipinski definition) is 1. The van der Waals surface area contributed by atoms with Crippen LogP contribution in [0.3, 0.4) is 0 Å². The van der Waals surface area contributed by atoms with Gasteiger partial charge in [-0.05, 0) is 12.1 Å². The Morgan fingerprint density at radius 1 is 1.44 bits per heavy atom. The zero-order valence-electron chi connectivity index (χ0n) is 8.47. The van der Waals surface area contributed by atoms with Crippen molar-refractivity contribution in [2.75, 3.05) is 16.9 Å². The smallest absolute Gasteiger partial charge is 0.257 e. The van der Waals surface area contributed by atoms with Crippen molar-refractivity contribution in [1.82, 2.24) is 4.90 Å². The molecule has 1 unspecified atom stereocenters. The number of nitrogens with one attached hydrogen (secondary N) is 1. The number of rotatable bonds is 0. The van der Waals surface area contributed by atoms with E-state index in [1.807, 2.05) is 29.2 Å². The molecule has 3 nitrogen and oxygen atoms in total. The van der Waals surface area contributed by atoms with Crippen LogP contribution in [0.4, 0.5) is 5.69 Å². The molecule has 0 aliphatic carbocycles. The van der Waals surface area contributed by atoms with Crippen molar-refractivity contribution in [2.24, 2.45) is 0 Å². The molecule has 0 radical (unpaired) electrons. The number of para-hydroxylation sites is 1. The maximum absolute atomic E-state index is 12.3. The lowest BCUT2D eigenvalue weighted by molar-refractivity contribution is 0.0784. The second-order valence-corrected chi connectivity index (χ2v) is 5.27. The van der Waals surface area contributed by atoms with E-state index in [0.29, 0.717) is 0 Å². The molecule has 0 aromatic heterocycles. The van der Waals surface area contributed by atoms with Gasteiger partial charge in [-0.1, -0.05) is 24.4 Å². The van der Waals surface area contributed by atoms with Crippen molar-refractivity contribution in [3.05, 3.63) is 29.8 Å². The van der Waals surface area contributed by atoms with Crippen LogP contribution in [-0.2, 0) is 0 Å². The van der Waals surface area contributed by atoms with Gasteiger partial charge in [-0.3, -0.25) is 4.79 Å². The standard InChI is InChI=1S/C11H10N2OS2/c14-11-7-3-1-2-4-8(7)12-10(15)9-5-16-6-13(9)11/h1-4,9H,5-6H2,(H,12,15). The summed E-state index contributed by atoms with van der Waals surface area (Å²) in [5.41, 5.74) is 1.55. The number of thioether (sulfide) groups is 1. The largest absolute Gasteiger partial charge is 0.348 e. The van der Waals surface area contributed by atoms with Crippen LogP contribution in [-0.4, -0.2) is 33.5 Å². The van der Waals surface area contributed by atoms with Gasteiger partial charge in [0.1, 0.15) is 4.99 Å². The average molecular weight is 250 g/mol. The number of amides is 1. The van der Waals surface area contributed by atoms with E-state index in [-0.39, 0.29) is 11.9 Å². The summed E-state index contributed by atoms with van der Waals surface area (Å²) in [5, 5.41) is 3.18. The first kappa shape index (κ1) is 10.1. The van der Waals surface area contributed by atoms with Crippen LogP contribution in [0.5, 0.6) is 0 Å². The molecular formula is C11H10N2OS2. The van der Waals surface area contributed by atoms with Crippen LogP contribution in [0.1, 0.15) is 10.4 Å². The van der Waals surface area contributed by atoms with E-state index in [4.69, 9.17) is 12.2 Å². The van der Waals surface area contributed by atoms with E-state index in [2.05, 4.69) is 5.32 Å². The van der Waals surface area contributed by atoms with Gasteiger partial charge in [0.2, 0.25) is 0 Å². The van der Waals surface area contributed by atoms with Gasteiger partial charge in [0.25, 0.3) is 5.91 Å². The van der Waals surface area contributed by atoms with E-state index in [1.165, 1.54) is 0 Å². The molecule has 1 amide bonds. The van der Waals surface area contributed by atoms with E-state index in [9.17, 15) is 4.79 Å². The fourth-order valence-corrected chi connectivity index (χ4v) is 3.60. The van der Waals surface area contributed by atoms with Crippen molar-refractivity contribution >= 4 is 40.6 Å². The van der Waals surface area contributed by atoms with Gasteiger partial charge in [-0.2, -0.15) is 0 Å². The molecule has 1 N–H and O–H groups in total. The van der Waals surface area contributed by atoms with E-state index in [0.717, 1.165) is 27.9 Å². The highest BCUT2D eigenvalue weighted by Crippen LogP contribution is 2.30. The summed E-state index contributed by atoms with van der Waals surface area (Å²) in [5.74, 6) is 1.71. The molecule has 1 atom stereocenters. The van der Waals surface area contributed by atoms with Gasteiger partial charge < -0.3 is 10.2 Å². The Morgan fingerprint density at radius 2 is 2.25 bits per heavy atom. The van der Waals surface area contributed by atoms with E-state index < -0.39 is 0 Å². The van der Waals surface area contributed by atoms with Crippen molar-refractivity contribution in [2.45, 2.75) is 6.04 Å².